The largest absolute Gasteiger partial charge is 0.472 e. The molecule has 1 aliphatic carbocycles. The molecule has 1 aliphatic heterocycles. The van der Waals surface area contributed by atoms with Crippen LogP contribution in [0.5, 0.6) is 5.88 Å². The predicted molar refractivity (Wildman–Crippen MR) is 148 cm³/mol. The van der Waals surface area contributed by atoms with E-state index in [9.17, 15) is 22.8 Å². The zero-order valence-corrected chi connectivity index (χ0v) is 23.7. The number of amides is 2. The first-order valence-electron chi connectivity index (χ1n) is 13.8. The van der Waals surface area contributed by atoms with Crippen LogP contribution in [-0.2, 0) is 34.3 Å². The molecule has 2 aromatic heterocycles. The average Bonchev–Trinajstić information content (AvgIpc) is 3.77. The van der Waals surface area contributed by atoms with Gasteiger partial charge in [-0.05, 0) is 56.5 Å². The van der Waals surface area contributed by atoms with E-state index >= 15 is 0 Å². The first-order valence-corrected chi connectivity index (χ1v) is 13.8. The molecule has 9 nitrogen and oxygen atoms in total. The van der Waals surface area contributed by atoms with Gasteiger partial charge in [0, 0.05) is 56.6 Å². The molecule has 222 valence electrons. The van der Waals surface area contributed by atoms with Crippen molar-refractivity contribution in [3.05, 3.63) is 77.2 Å². The van der Waals surface area contributed by atoms with Crippen molar-refractivity contribution in [2.75, 3.05) is 24.5 Å². The summed E-state index contributed by atoms with van der Waals surface area (Å²) in [7, 11) is 0. The number of piperazine rings is 1. The maximum absolute atomic E-state index is 13.1. The van der Waals surface area contributed by atoms with Crippen LogP contribution in [-0.4, -0.2) is 57.1 Å². The van der Waals surface area contributed by atoms with E-state index in [1.54, 1.807) is 19.1 Å². The van der Waals surface area contributed by atoms with Gasteiger partial charge in [-0.25, -0.2) is 0 Å². The maximum Gasteiger partial charge on any atom is 0.433 e. The summed E-state index contributed by atoms with van der Waals surface area (Å²) in [5.74, 6) is 0.166. The highest BCUT2D eigenvalue weighted by Gasteiger charge is 2.52. The Bertz CT molecular complexity index is 1420. The number of benzene rings is 1. The molecule has 42 heavy (non-hydrogen) atoms. The second-order valence-electron chi connectivity index (χ2n) is 11.4. The molecule has 3 heterocycles. The van der Waals surface area contributed by atoms with Crippen LogP contribution < -0.4 is 15.0 Å². The van der Waals surface area contributed by atoms with E-state index in [1.807, 2.05) is 29.2 Å². The van der Waals surface area contributed by atoms with E-state index in [1.165, 1.54) is 6.07 Å². The third-order valence-corrected chi connectivity index (χ3v) is 7.87. The third kappa shape index (κ3) is 6.32. The molecule has 1 saturated heterocycles. The summed E-state index contributed by atoms with van der Waals surface area (Å²) in [5, 5.41) is 11.3. The summed E-state index contributed by atoms with van der Waals surface area (Å²) in [6, 6.07) is 13.6. The Morgan fingerprint density at radius 1 is 0.976 bits per heavy atom. The molecule has 3 aromatic rings. The van der Waals surface area contributed by atoms with Crippen LogP contribution in [0.1, 0.15) is 56.1 Å². The third-order valence-electron chi connectivity index (χ3n) is 7.87. The number of halogens is 3. The Balaban J connectivity index is 1.14. The number of hydrogen-bond acceptors (Lipinski definition) is 7. The number of aromatic nitrogens is 3. The van der Waals surface area contributed by atoms with Gasteiger partial charge >= 0.3 is 6.18 Å². The van der Waals surface area contributed by atoms with Crippen molar-refractivity contribution in [2.24, 2.45) is 0 Å². The summed E-state index contributed by atoms with van der Waals surface area (Å²) >= 11 is 0. The van der Waals surface area contributed by atoms with E-state index in [0.717, 1.165) is 30.1 Å². The fourth-order valence-electron chi connectivity index (χ4n) is 5.26. The standard InChI is InChI=1S/C30H33F3N6O3/c1-20(40)38-14-15-39(28(2,3)19-38)23-7-4-21(5-8-23)16-35-27(41)29(12-13-29)24-10-11-26(37-36-24)42-18-22-6-9-25(34-17-22)30(31,32)33/h4-11,17H,12-16,18-19H2,1-3H3,(H,35,41). The number of carbonyl (C=O) groups excluding carboxylic acids is 2. The fourth-order valence-corrected chi connectivity index (χ4v) is 5.26. The summed E-state index contributed by atoms with van der Waals surface area (Å²) in [4.78, 5) is 32.6. The lowest BCUT2D eigenvalue weighted by Crippen LogP contribution is -2.60. The molecule has 2 aliphatic rings. The lowest BCUT2D eigenvalue weighted by atomic mass is 9.97. The molecule has 0 spiro atoms. The number of alkyl halides is 3. The van der Waals surface area contributed by atoms with Gasteiger partial charge in [-0.1, -0.05) is 18.2 Å². The van der Waals surface area contributed by atoms with Gasteiger partial charge in [0.05, 0.1) is 16.6 Å². The van der Waals surface area contributed by atoms with Gasteiger partial charge < -0.3 is 19.9 Å². The number of rotatable bonds is 8. The van der Waals surface area contributed by atoms with E-state index in [4.69, 9.17) is 4.74 Å². The highest BCUT2D eigenvalue weighted by molar-refractivity contribution is 5.90. The van der Waals surface area contributed by atoms with Gasteiger partial charge in [-0.15, -0.1) is 5.10 Å². The second kappa shape index (κ2) is 11.2. The molecule has 1 saturated carbocycles. The van der Waals surface area contributed by atoms with Crippen molar-refractivity contribution in [3.8, 4) is 5.88 Å². The molecule has 2 fully saturated rings. The highest BCUT2D eigenvalue weighted by atomic mass is 19.4. The molecular formula is C30H33F3N6O3. The molecule has 0 unspecified atom stereocenters. The summed E-state index contributed by atoms with van der Waals surface area (Å²) in [6.45, 7) is 8.31. The van der Waals surface area contributed by atoms with Crippen molar-refractivity contribution in [2.45, 2.75) is 63.9 Å². The molecule has 0 radical (unpaired) electrons. The minimum absolute atomic E-state index is 0.0182. The smallest absolute Gasteiger partial charge is 0.433 e. The van der Waals surface area contributed by atoms with Crippen LogP contribution in [0.2, 0.25) is 0 Å². The van der Waals surface area contributed by atoms with Gasteiger partial charge in [-0.3, -0.25) is 14.6 Å². The molecule has 1 N–H and O–H groups in total. The van der Waals surface area contributed by atoms with E-state index in [2.05, 4.69) is 39.2 Å². The van der Waals surface area contributed by atoms with Gasteiger partial charge in [0.2, 0.25) is 17.7 Å². The number of pyridine rings is 1. The van der Waals surface area contributed by atoms with Crippen LogP contribution in [0.25, 0.3) is 0 Å². The molecule has 5 rings (SSSR count). The predicted octanol–water partition coefficient (Wildman–Crippen LogP) is 4.26. The SMILES string of the molecule is CC(=O)N1CCN(c2ccc(CNC(=O)C3(c4ccc(OCc5ccc(C(F)(F)F)nc5)nn4)CC3)cc2)C(C)(C)C1. The minimum atomic E-state index is -4.50. The Hall–Kier alpha value is -4.22. The first-order chi connectivity index (χ1) is 19.9. The van der Waals surface area contributed by atoms with Crippen LogP contribution in [0.15, 0.2) is 54.7 Å². The van der Waals surface area contributed by atoms with Crippen molar-refractivity contribution in [1.82, 2.24) is 25.4 Å². The summed E-state index contributed by atoms with van der Waals surface area (Å²) < 4.78 is 43.6. The van der Waals surface area contributed by atoms with Crippen molar-refractivity contribution < 1.29 is 27.5 Å². The number of anilines is 1. The van der Waals surface area contributed by atoms with Gasteiger partial charge in [0.1, 0.15) is 12.3 Å². The number of nitrogens with zero attached hydrogens (tertiary/aromatic N) is 5. The number of hydrogen-bond donors (Lipinski definition) is 1. The summed E-state index contributed by atoms with van der Waals surface area (Å²) in [6.07, 6.45) is -2.07. The molecule has 2 amide bonds. The number of ether oxygens (including phenoxy) is 1. The Kier molecular flexibility index (Phi) is 7.82. The van der Waals surface area contributed by atoms with Crippen molar-refractivity contribution >= 4 is 17.5 Å². The van der Waals surface area contributed by atoms with Crippen LogP contribution in [0.3, 0.4) is 0 Å². The van der Waals surface area contributed by atoms with E-state index in [-0.39, 0.29) is 29.8 Å². The lowest BCUT2D eigenvalue weighted by molar-refractivity contribution is -0.141. The highest BCUT2D eigenvalue weighted by Crippen LogP contribution is 2.47. The van der Waals surface area contributed by atoms with Crippen LogP contribution in [0, 0.1) is 0 Å². The Labute approximate surface area is 242 Å². The lowest BCUT2D eigenvalue weighted by Gasteiger charge is -2.48. The molecule has 0 atom stereocenters. The van der Waals surface area contributed by atoms with Gasteiger partial charge in [0.15, 0.2) is 0 Å². The zero-order chi connectivity index (χ0) is 30.1. The molecule has 1 aromatic carbocycles. The molecular weight excluding hydrogens is 549 g/mol. The minimum Gasteiger partial charge on any atom is -0.472 e. The monoisotopic (exact) mass is 582 g/mol. The normalized spacial score (nSPS) is 17.5. The molecule has 12 heteroatoms. The first kappa shape index (κ1) is 29.3. The van der Waals surface area contributed by atoms with Crippen molar-refractivity contribution in [1.29, 1.82) is 0 Å². The Morgan fingerprint density at radius 3 is 2.24 bits per heavy atom. The van der Waals surface area contributed by atoms with E-state index in [0.29, 0.717) is 43.7 Å². The second-order valence-corrected chi connectivity index (χ2v) is 11.4. The zero-order valence-electron chi connectivity index (χ0n) is 23.7. The Morgan fingerprint density at radius 2 is 1.69 bits per heavy atom. The fraction of sp³-hybridized carbons (Fsp3) is 0.433. The topological polar surface area (TPSA) is 101 Å². The van der Waals surface area contributed by atoms with Gasteiger partial charge in [0.25, 0.3) is 0 Å². The summed E-state index contributed by atoms with van der Waals surface area (Å²) in [5.41, 5.74) is 1.15. The quantitative estimate of drug-likeness (QED) is 0.424. The van der Waals surface area contributed by atoms with Crippen molar-refractivity contribution in [3.63, 3.8) is 0 Å². The van der Waals surface area contributed by atoms with Crippen LogP contribution in [0.4, 0.5) is 18.9 Å². The number of carbonyl (C=O) groups is 2. The van der Waals surface area contributed by atoms with Crippen LogP contribution >= 0.6 is 0 Å². The van der Waals surface area contributed by atoms with Gasteiger partial charge in [-0.2, -0.15) is 18.3 Å². The maximum atomic E-state index is 13.1. The number of nitrogens with one attached hydrogen (secondary N) is 1. The average molecular weight is 583 g/mol. The van der Waals surface area contributed by atoms with E-state index < -0.39 is 17.3 Å². The molecule has 0 bridgehead atoms.